The van der Waals surface area contributed by atoms with E-state index in [1.165, 1.54) is 0 Å². The topological polar surface area (TPSA) is 52.4 Å². The van der Waals surface area contributed by atoms with Crippen LogP contribution in [-0.2, 0) is 0 Å². The second kappa shape index (κ2) is 8.44. The van der Waals surface area contributed by atoms with Crippen LogP contribution in [0.4, 0.5) is 5.69 Å². The van der Waals surface area contributed by atoms with E-state index in [9.17, 15) is 0 Å². The summed E-state index contributed by atoms with van der Waals surface area (Å²) in [6, 6.07) is 33.9. The lowest BCUT2D eigenvalue weighted by atomic mass is 9.72. The molecule has 0 saturated heterocycles. The Kier molecular flexibility index (Phi) is 5.00. The van der Waals surface area contributed by atoms with Crippen molar-refractivity contribution in [2.45, 2.75) is 0 Å². The molecule has 0 amide bonds. The van der Waals surface area contributed by atoms with E-state index in [0.29, 0.717) is 0 Å². The highest BCUT2D eigenvalue weighted by Crippen LogP contribution is 2.34. The molecule has 0 bridgehead atoms. The standard InChI is InChI=1S/C27H21BN4O2/c1-31-26-15-5-6-16-27(26)34-28(31)21-10-8-14-24(18-21)33-23-13-7-9-20(17-23)25-19-32(30-29-25)22-11-3-2-4-12-22/h2-19H,1H3. The van der Waals surface area contributed by atoms with E-state index in [4.69, 9.17) is 9.39 Å². The molecule has 0 fully saturated rings. The monoisotopic (exact) mass is 444 g/mol. The zero-order valence-electron chi connectivity index (χ0n) is 18.6. The fourth-order valence-corrected chi connectivity index (χ4v) is 4.16. The summed E-state index contributed by atoms with van der Waals surface area (Å²) >= 11 is 0. The Balaban J connectivity index is 1.23. The Labute approximate surface area is 198 Å². The maximum atomic E-state index is 6.22. The van der Waals surface area contributed by atoms with Crippen LogP contribution in [0.15, 0.2) is 109 Å². The van der Waals surface area contributed by atoms with E-state index >= 15 is 0 Å². The van der Waals surface area contributed by atoms with Crippen LogP contribution in [0.3, 0.4) is 0 Å². The van der Waals surface area contributed by atoms with Gasteiger partial charge in [-0.05, 0) is 61.0 Å². The molecule has 34 heavy (non-hydrogen) atoms. The third-order valence-electron chi connectivity index (χ3n) is 5.86. The number of anilines is 1. The van der Waals surface area contributed by atoms with E-state index in [1.54, 1.807) is 4.68 Å². The second-order valence-electron chi connectivity index (χ2n) is 8.14. The lowest BCUT2D eigenvalue weighted by Crippen LogP contribution is -2.47. The van der Waals surface area contributed by atoms with Gasteiger partial charge >= 0.3 is 7.05 Å². The quantitative estimate of drug-likeness (QED) is 0.359. The first-order valence-electron chi connectivity index (χ1n) is 11.1. The van der Waals surface area contributed by atoms with Gasteiger partial charge in [-0.15, -0.1) is 5.10 Å². The van der Waals surface area contributed by atoms with Crippen LogP contribution in [0.25, 0.3) is 16.9 Å². The summed E-state index contributed by atoms with van der Waals surface area (Å²) in [4.78, 5) is 2.13. The van der Waals surface area contributed by atoms with E-state index in [-0.39, 0.29) is 7.05 Å². The Morgan fingerprint density at radius 1 is 0.794 bits per heavy atom. The zero-order chi connectivity index (χ0) is 22.9. The van der Waals surface area contributed by atoms with Crippen LogP contribution in [0.2, 0.25) is 0 Å². The van der Waals surface area contributed by atoms with Gasteiger partial charge in [-0.25, -0.2) is 4.68 Å². The van der Waals surface area contributed by atoms with Crippen LogP contribution in [0, 0.1) is 0 Å². The molecule has 6 nitrogen and oxygen atoms in total. The normalized spacial score (nSPS) is 12.4. The van der Waals surface area contributed by atoms with E-state index in [0.717, 1.165) is 45.3 Å². The summed E-state index contributed by atoms with van der Waals surface area (Å²) in [5.74, 6) is 2.36. The van der Waals surface area contributed by atoms with Gasteiger partial charge in [0.15, 0.2) is 0 Å². The second-order valence-corrected chi connectivity index (χ2v) is 8.14. The molecular weight excluding hydrogens is 423 g/mol. The van der Waals surface area contributed by atoms with Gasteiger partial charge in [-0.1, -0.05) is 59.8 Å². The SMILES string of the molecule is CN1B(c2cccc(Oc3cccc(-c4cn(-c5ccccc5)nn4)c3)c2)Oc2ccccc21. The molecule has 0 unspecified atom stereocenters. The van der Waals surface area contributed by atoms with Crippen LogP contribution >= 0.6 is 0 Å². The summed E-state index contributed by atoms with van der Waals surface area (Å²) in [5, 5.41) is 8.60. The smallest absolute Gasteiger partial charge is 0.519 e. The predicted octanol–water partition coefficient (Wildman–Crippen LogP) is 4.95. The molecule has 0 N–H and O–H groups in total. The highest BCUT2D eigenvalue weighted by atomic mass is 16.5. The lowest BCUT2D eigenvalue weighted by molar-refractivity contribution is 0.483. The molecule has 1 aliphatic heterocycles. The van der Waals surface area contributed by atoms with Crippen molar-refractivity contribution in [1.82, 2.24) is 15.0 Å². The summed E-state index contributed by atoms with van der Waals surface area (Å²) in [5.41, 5.74) is 4.78. The van der Waals surface area contributed by atoms with E-state index in [1.807, 2.05) is 104 Å². The first kappa shape index (κ1) is 20.1. The van der Waals surface area contributed by atoms with Gasteiger partial charge in [-0.3, -0.25) is 0 Å². The molecule has 0 spiro atoms. The van der Waals surface area contributed by atoms with Crippen molar-refractivity contribution >= 4 is 18.2 Å². The zero-order valence-corrected chi connectivity index (χ0v) is 18.6. The minimum absolute atomic E-state index is 0.194. The number of ether oxygens (including phenoxy) is 1. The molecule has 0 saturated carbocycles. The van der Waals surface area contributed by atoms with Gasteiger partial charge < -0.3 is 14.2 Å². The molecule has 0 aliphatic carbocycles. The Bertz CT molecular complexity index is 1450. The largest absolute Gasteiger partial charge is 0.536 e. The first-order chi connectivity index (χ1) is 16.7. The van der Waals surface area contributed by atoms with Gasteiger partial charge in [-0.2, -0.15) is 0 Å². The number of para-hydroxylation sites is 3. The Morgan fingerprint density at radius 3 is 2.41 bits per heavy atom. The van der Waals surface area contributed by atoms with Crippen molar-refractivity contribution in [3.05, 3.63) is 109 Å². The molecule has 1 aliphatic rings. The molecule has 6 rings (SSSR count). The summed E-state index contributed by atoms with van der Waals surface area (Å²) in [6.45, 7) is 0. The molecule has 2 heterocycles. The Hall–Kier alpha value is -4.52. The minimum atomic E-state index is -0.194. The van der Waals surface area contributed by atoms with Gasteiger partial charge in [0.2, 0.25) is 0 Å². The fraction of sp³-hybridized carbons (Fsp3) is 0.0370. The highest BCUT2D eigenvalue weighted by molar-refractivity contribution is 6.73. The van der Waals surface area contributed by atoms with Gasteiger partial charge in [0.25, 0.3) is 0 Å². The average molecular weight is 444 g/mol. The maximum Gasteiger partial charge on any atom is 0.519 e. The van der Waals surface area contributed by atoms with Gasteiger partial charge in [0.1, 0.15) is 22.9 Å². The van der Waals surface area contributed by atoms with Crippen molar-refractivity contribution < 1.29 is 9.39 Å². The molecule has 1 aromatic heterocycles. The maximum absolute atomic E-state index is 6.22. The van der Waals surface area contributed by atoms with Crippen LogP contribution in [-0.4, -0.2) is 29.1 Å². The fourth-order valence-electron chi connectivity index (χ4n) is 4.16. The Morgan fingerprint density at radius 2 is 1.56 bits per heavy atom. The molecule has 7 heteroatoms. The van der Waals surface area contributed by atoms with E-state index < -0.39 is 0 Å². The summed E-state index contributed by atoms with van der Waals surface area (Å²) in [6.07, 6.45) is 1.92. The number of hydrogen-bond donors (Lipinski definition) is 0. The third-order valence-corrected chi connectivity index (χ3v) is 5.86. The van der Waals surface area contributed by atoms with Crippen LogP contribution in [0.5, 0.6) is 17.2 Å². The number of hydrogen-bond acceptors (Lipinski definition) is 5. The number of nitrogens with zero attached hydrogens (tertiary/aromatic N) is 4. The number of aromatic nitrogens is 3. The molecule has 5 aromatic rings. The van der Waals surface area contributed by atoms with Gasteiger partial charge in [0, 0.05) is 5.56 Å². The highest BCUT2D eigenvalue weighted by Gasteiger charge is 2.35. The molecule has 0 radical (unpaired) electrons. The number of benzene rings is 4. The molecule has 0 atom stereocenters. The molecular formula is C27H21BN4O2. The predicted molar refractivity (Wildman–Crippen MR) is 134 cm³/mol. The van der Waals surface area contributed by atoms with Crippen molar-refractivity contribution in [1.29, 1.82) is 0 Å². The van der Waals surface area contributed by atoms with Gasteiger partial charge in [0.05, 0.1) is 17.6 Å². The van der Waals surface area contributed by atoms with Crippen molar-refractivity contribution in [2.75, 3.05) is 11.9 Å². The molecule has 4 aromatic carbocycles. The average Bonchev–Trinajstić information content (AvgIpc) is 3.51. The van der Waals surface area contributed by atoms with Crippen molar-refractivity contribution in [3.63, 3.8) is 0 Å². The summed E-state index contributed by atoms with van der Waals surface area (Å²) in [7, 11) is 1.84. The summed E-state index contributed by atoms with van der Waals surface area (Å²) < 4.78 is 14.2. The first-order valence-corrected chi connectivity index (χ1v) is 11.1. The number of fused-ring (bicyclic) bond motifs is 1. The van der Waals surface area contributed by atoms with Crippen molar-refractivity contribution in [2.24, 2.45) is 0 Å². The van der Waals surface area contributed by atoms with E-state index in [2.05, 4.69) is 27.3 Å². The molecule has 164 valence electrons. The lowest BCUT2D eigenvalue weighted by Gasteiger charge is -2.17. The van der Waals surface area contributed by atoms with Crippen molar-refractivity contribution in [3.8, 4) is 34.2 Å². The number of rotatable bonds is 5. The van der Waals surface area contributed by atoms with Crippen LogP contribution < -0.4 is 19.7 Å². The third kappa shape index (κ3) is 3.77. The van der Waals surface area contributed by atoms with Crippen LogP contribution in [0.1, 0.15) is 0 Å². The minimum Gasteiger partial charge on any atom is -0.536 e.